The average Bonchev–Trinajstić information content (AvgIpc) is 2.58. The fraction of sp³-hybridized carbons (Fsp3) is 0.462. The van der Waals surface area contributed by atoms with E-state index in [1.54, 1.807) is 11.3 Å². The van der Waals surface area contributed by atoms with Crippen molar-refractivity contribution in [1.29, 1.82) is 0 Å². The Balaban J connectivity index is 2.29. The van der Waals surface area contributed by atoms with Gasteiger partial charge in [-0.05, 0) is 37.1 Å². The smallest absolute Gasteiger partial charge is 0.108 e. The van der Waals surface area contributed by atoms with E-state index in [0.717, 1.165) is 12.1 Å². The summed E-state index contributed by atoms with van der Waals surface area (Å²) in [6.07, 6.45) is 0. The molecule has 0 bridgehead atoms. The highest BCUT2D eigenvalue weighted by atomic mass is 32.1. The molecule has 0 atom stereocenters. The van der Waals surface area contributed by atoms with Crippen molar-refractivity contribution in [2.24, 2.45) is 0 Å². The number of aromatic nitrogens is 1. The highest BCUT2D eigenvalue weighted by Crippen LogP contribution is 2.25. The lowest BCUT2D eigenvalue weighted by molar-refractivity contribution is 0.588. The molecular weight excluding hydrogens is 216 g/mol. The molecule has 0 unspecified atom stereocenters. The lowest BCUT2D eigenvalue weighted by Gasteiger charge is -2.04. The van der Waals surface area contributed by atoms with Crippen LogP contribution in [0.15, 0.2) is 12.1 Å². The minimum absolute atomic E-state index is 0.510. The second-order valence-electron chi connectivity index (χ2n) is 4.55. The van der Waals surface area contributed by atoms with Gasteiger partial charge in [-0.2, -0.15) is 0 Å². The molecule has 3 heteroatoms. The number of hydrogen-bond donors (Lipinski definition) is 1. The molecule has 1 aromatic carbocycles. The van der Waals surface area contributed by atoms with Gasteiger partial charge in [0.2, 0.25) is 0 Å². The predicted octanol–water partition coefficient (Wildman–Crippen LogP) is 3.41. The number of aryl methyl sites for hydroxylation is 2. The van der Waals surface area contributed by atoms with E-state index in [1.165, 1.54) is 20.8 Å². The summed E-state index contributed by atoms with van der Waals surface area (Å²) in [4.78, 5) is 4.64. The van der Waals surface area contributed by atoms with Crippen molar-refractivity contribution in [3.8, 4) is 0 Å². The van der Waals surface area contributed by atoms with E-state index in [1.807, 2.05) is 0 Å². The van der Waals surface area contributed by atoms with Crippen LogP contribution in [0.5, 0.6) is 0 Å². The van der Waals surface area contributed by atoms with Crippen LogP contribution in [0.25, 0.3) is 10.2 Å². The fourth-order valence-electron chi connectivity index (χ4n) is 1.59. The average molecular weight is 234 g/mol. The summed E-state index contributed by atoms with van der Waals surface area (Å²) >= 11 is 1.79. The topological polar surface area (TPSA) is 24.9 Å². The largest absolute Gasteiger partial charge is 0.308 e. The zero-order chi connectivity index (χ0) is 11.7. The zero-order valence-corrected chi connectivity index (χ0v) is 11.1. The molecular formula is C13H18N2S. The minimum Gasteiger partial charge on any atom is -0.308 e. The molecule has 2 rings (SSSR count). The molecule has 0 radical (unpaired) electrons. The van der Waals surface area contributed by atoms with E-state index >= 15 is 0 Å². The Kier molecular flexibility index (Phi) is 3.26. The molecule has 0 aliphatic carbocycles. The van der Waals surface area contributed by atoms with Crippen LogP contribution in [-0.2, 0) is 6.54 Å². The minimum atomic E-state index is 0.510. The molecule has 86 valence electrons. The van der Waals surface area contributed by atoms with E-state index in [4.69, 9.17) is 0 Å². The number of rotatable bonds is 3. The number of nitrogens with one attached hydrogen (secondary N) is 1. The molecule has 0 saturated carbocycles. The second kappa shape index (κ2) is 4.52. The summed E-state index contributed by atoms with van der Waals surface area (Å²) in [6, 6.07) is 4.93. The van der Waals surface area contributed by atoms with Gasteiger partial charge < -0.3 is 5.32 Å². The van der Waals surface area contributed by atoms with Gasteiger partial charge in [0.15, 0.2) is 0 Å². The fourth-order valence-corrected chi connectivity index (χ4v) is 2.59. The number of hydrogen-bond acceptors (Lipinski definition) is 3. The first-order valence-corrected chi connectivity index (χ1v) is 6.48. The van der Waals surface area contributed by atoms with E-state index in [-0.39, 0.29) is 0 Å². The van der Waals surface area contributed by atoms with Gasteiger partial charge in [-0.25, -0.2) is 4.98 Å². The van der Waals surface area contributed by atoms with Crippen molar-refractivity contribution < 1.29 is 0 Å². The first-order chi connectivity index (χ1) is 7.56. The van der Waals surface area contributed by atoms with Crippen molar-refractivity contribution in [2.45, 2.75) is 40.3 Å². The van der Waals surface area contributed by atoms with Crippen molar-refractivity contribution in [3.05, 3.63) is 28.3 Å². The van der Waals surface area contributed by atoms with E-state index < -0.39 is 0 Å². The predicted molar refractivity (Wildman–Crippen MR) is 71.1 cm³/mol. The van der Waals surface area contributed by atoms with Gasteiger partial charge >= 0.3 is 0 Å². The Bertz CT molecular complexity index is 461. The van der Waals surface area contributed by atoms with Gasteiger partial charge in [-0.1, -0.05) is 13.8 Å². The Labute approximate surface area is 101 Å². The molecule has 0 aliphatic rings. The van der Waals surface area contributed by atoms with Crippen molar-refractivity contribution in [3.63, 3.8) is 0 Å². The van der Waals surface area contributed by atoms with Crippen LogP contribution < -0.4 is 5.32 Å². The van der Waals surface area contributed by atoms with Crippen molar-refractivity contribution in [1.82, 2.24) is 10.3 Å². The SMILES string of the molecule is Cc1cc2nc(CNC(C)C)sc2cc1C. The molecule has 0 saturated heterocycles. The molecule has 0 amide bonds. The molecule has 0 aliphatic heterocycles. The zero-order valence-electron chi connectivity index (χ0n) is 10.3. The van der Waals surface area contributed by atoms with E-state index in [9.17, 15) is 0 Å². The first-order valence-electron chi connectivity index (χ1n) is 5.66. The van der Waals surface area contributed by atoms with Crippen LogP contribution in [0, 0.1) is 13.8 Å². The maximum absolute atomic E-state index is 4.64. The lowest BCUT2D eigenvalue weighted by Crippen LogP contribution is -2.21. The Morgan fingerprint density at radius 1 is 1.25 bits per heavy atom. The maximum Gasteiger partial charge on any atom is 0.108 e. The summed E-state index contributed by atoms with van der Waals surface area (Å²) in [6.45, 7) is 9.47. The van der Waals surface area contributed by atoms with Gasteiger partial charge in [0.25, 0.3) is 0 Å². The molecule has 2 nitrogen and oxygen atoms in total. The van der Waals surface area contributed by atoms with Crippen LogP contribution in [0.3, 0.4) is 0 Å². The number of fused-ring (bicyclic) bond motifs is 1. The van der Waals surface area contributed by atoms with Gasteiger partial charge in [0.05, 0.1) is 10.2 Å². The molecule has 0 spiro atoms. The number of thiazole rings is 1. The third kappa shape index (κ3) is 2.42. The van der Waals surface area contributed by atoms with E-state index in [0.29, 0.717) is 6.04 Å². The number of benzene rings is 1. The molecule has 1 N–H and O–H groups in total. The van der Waals surface area contributed by atoms with Gasteiger partial charge in [-0.3, -0.25) is 0 Å². The summed E-state index contributed by atoms with van der Waals surface area (Å²) < 4.78 is 1.30. The summed E-state index contributed by atoms with van der Waals surface area (Å²) in [5.41, 5.74) is 3.80. The van der Waals surface area contributed by atoms with E-state index in [2.05, 4.69) is 50.1 Å². The molecule has 1 heterocycles. The summed E-state index contributed by atoms with van der Waals surface area (Å²) in [5.74, 6) is 0. The van der Waals surface area contributed by atoms with Crippen LogP contribution in [0.2, 0.25) is 0 Å². The summed E-state index contributed by atoms with van der Waals surface area (Å²) in [5, 5.41) is 4.57. The lowest BCUT2D eigenvalue weighted by atomic mass is 10.1. The first kappa shape index (κ1) is 11.6. The number of nitrogens with zero attached hydrogens (tertiary/aromatic N) is 1. The molecule has 2 aromatic rings. The van der Waals surface area contributed by atoms with Gasteiger partial charge in [0, 0.05) is 12.6 Å². The van der Waals surface area contributed by atoms with Crippen LogP contribution in [0.4, 0.5) is 0 Å². The van der Waals surface area contributed by atoms with Gasteiger partial charge in [-0.15, -0.1) is 11.3 Å². The third-order valence-corrected chi connectivity index (χ3v) is 3.73. The maximum atomic E-state index is 4.64. The van der Waals surface area contributed by atoms with Crippen LogP contribution in [-0.4, -0.2) is 11.0 Å². The Morgan fingerprint density at radius 3 is 2.62 bits per heavy atom. The summed E-state index contributed by atoms with van der Waals surface area (Å²) in [7, 11) is 0. The molecule has 16 heavy (non-hydrogen) atoms. The Morgan fingerprint density at radius 2 is 1.94 bits per heavy atom. The highest BCUT2D eigenvalue weighted by Gasteiger charge is 2.05. The molecule has 1 aromatic heterocycles. The standard InChI is InChI=1S/C13H18N2S/c1-8(2)14-7-13-15-11-5-9(3)10(4)6-12(11)16-13/h5-6,8,14H,7H2,1-4H3. The quantitative estimate of drug-likeness (QED) is 0.880. The highest BCUT2D eigenvalue weighted by molar-refractivity contribution is 7.18. The van der Waals surface area contributed by atoms with Crippen LogP contribution >= 0.6 is 11.3 Å². The van der Waals surface area contributed by atoms with Crippen LogP contribution in [0.1, 0.15) is 30.0 Å². The van der Waals surface area contributed by atoms with Crippen molar-refractivity contribution in [2.75, 3.05) is 0 Å². The molecule has 0 fully saturated rings. The normalized spacial score (nSPS) is 11.6. The third-order valence-electron chi connectivity index (χ3n) is 2.71. The Hall–Kier alpha value is -0.930. The van der Waals surface area contributed by atoms with Crippen molar-refractivity contribution >= 4 is 21.6 Å². The second-order valence-corrected chi connectivity index (χ2v) is 5.66. The monoisotopic (exact) mass is 234 g/mol. The van der Waals surface area contributed by atoms with Gasteiger partial charge in [0.1, 0.15) is 5.01 Å².